The van der Waals surface area contributed by atoms with E-state index in [4.69, 9.17) is 0 Å². The molecule has 0 rings (SSSR count). The maximum absolute atomic E-state index is 4.35. The molecule has 0 fully saturated rings. The van der Waals surface area contributed by atoms with Crippen LogP contribution in [0.2, 0.25) is 0 Å². The van der Waals surface area contributed by atoms with Crippen molar-refractivity contribution in [2.24, 2.45) is 0 Å². The monoisotopic (exact) mass is 90.0 g/mol. The van der Waals surface area contributed by atoms with Gasteiger partial charge in [-0.25, -0.2) is 0 Å². The molecular formula is C2H8NOSi. The molecule has 31 valence electrons. The van der Waals surface area contributed by atoms with Gasteiger partial charge < -0.3 is 10.6 Å². The van der Waals surface area contributed by atoms with Crippen molar-refractivity contribution >= 4 is 10.5 Å². The summed E-state index contributed by atoms with van der Waals surface area (Å²) in [5.74, 6) is 0. The smallest absolute Gasteiger partial charge is 0.246 e. The highest BCUT2D eigenvalue weighted by molar-refractivity contribution is 5.97. The van der Waals surface area contributed by atoms with E-state index >= 15 is 0 Å². The lowest BCUT2D eigenvalue weighted by molar-refractivity contribution is 0.375. The van der Waals surface area contributed by atoms with Crippen molar-refractivity contribution < 1.29 is 4.43 Å². The second-order valence-electron chi connectivity index (χ2n) is 0.433. The van der Waals surface area contributed by atoms with E-state index in [1.54, 1.807) is 0 Å². The van der Waals surface area contributed by atoms with E-state index in [-0.39, 0.29) is 6.15 Å². The Bertz CT molecular complexity index is 11.6. The molecule has 0 bridgehead atoms. The SMILES string of the molecule is CCO[Si].N. The average molecular weight is 90.2 g/mol. The van der Waals surface area contributed by atoms with Crippen molar-refractivity contribution in [3.8, 4) is 0 Å². The second kappa shape index (κ2) is 8.91. The highest BCUT2D eigenvalue weighted by Gasteiger charge is 1.53. The van der Waals surface area contributed by atoms with Gasteiger partial charge in [0, 0.05) is 6.61 Å². The minimum absolute atomic E-state index is 0. The van der Waals surface area contributed by atoms with Crippen LogP contribution >= 0.6 is 0 Å². The van der Waals surface area contributed by atoms with E-state index in [1.807, 2.05) is 6.92 Å². The van der Waals surface area contributed by atoms with Crippen molar-refractivity contribution in [2.75, 3.05) is 6.61 Å². The average Bonchev–Trinajstić information content (AvgIpc) is 1.37. The lowest BCUT2D eigenvalue weighted by Gasteiger charge is -1.75. The Morgan fingerprint density at radius 2 is 2.00 bits per heavy atom. The predicted molar refractivity (Wildman–Crippen MR) is 22.4 cm³/mol. The van der Waals surface area contributed by atoms with Crippen LogP contribution < -0.4 is 6.15 Å². The highest BCUT2D eigenvalue weighted by atomic mass is 28.2. The van der Waals surface area contributed by atoms with Crippen LogP contribution in [0.5, 0.6) is 0 Å². The van der Waals surface area contributed by atoms with Gasteiger partial charge in [-0.1, -0.05) is 0 Å². The fourth-order valence-corrected chi connectivity index (χ4v) is 0. The maximum Gasteiger partial charge on any atom is 0.246 e. The van der Waals surface area contributed by atoms with Crippen LogP contribution in [-0.4, -0.2) is 17.1 Å². The fraction of sp³-hybridized carbons (Fsp3) is 1.00. The summed E-state index contributed by atoms with van der Waals surface area (Å²) in [5.41, 5.74) is 0. The van der Waals surface area contributed by atoms with Gasteiger partial charge >= 0.3 is 0 Å². The molecule has 3 radical (unpaired) electrons. The van der Waals surface area contributed by atoms with E-state index in [2.05, 4.69) is 14.9 Å². The molecule has 0 aromatic rings. The van der Waals surface area contributed by atoms with E-state index < -0.39 is 0 Å². The van der Waals surface area contributed by atoms with Crippen LogP contribution in [0, 0.1) is 0 Å². The summed E-state index contributed by atoms with van der Waals surface area (Å²) < 4.78 is 4.35. The van der Waals surface area contributed by atoms with Crippen LogP contribution in [0.4, 0.5) is 0 Å². The van der Waals surface area contributed by atoms with Crippen LogP contribution in [0.3, 0.4) is 0 Å². The molecule has 5 heavy (non-hydrogen) atoms. The number of rotatable bonds is 1. The molecule has 0 aromatic carbocycles. The third-order valence-corrected chi connectivity index (χ3v) is 0.433. The zero-order valence-electron chi connectivity index (χ0n) is 3.32. The summed E-state index contributed by atoms with van der Waals surface area (Å²) in [6.07, 6.45) is 0. The molecule has 0 amide bonds. The largest absolute Gasteiger partial charge is 0.419 e. The quantitative estimate of drug-likeness (QED) is 0.470. The zero-order valence-corrected chi connectivity index (χ0v) is 4.32. The van der Waals surface area contributed by atoms with Crippen molar-refractivity contribution in [3.05, 3.63) is 0 Å². The Morgan fingerprint density at radius 3 is 2.00 bits per heavy atom. The Balaban J connectivity index is 0. The molecule has 3 heteroatoms. The van der Waals surface area contributed by atoms with Crippen LogP contribution in [0.25, 0.3) is 0 Å². The molecule has 2 nitrogen and oxygen atoms in total. The van der Waals surface area contributed by atoms with Gasteiger partial charge in [0.25, 0.3) is 0 Å². The normalized spacial score (nSPS) is 6.00. The fourth-order valence-electron chi connectivity index (χ4n) is 0. The van der Waals surface area contributed by atoms with E-state index in [1.165, 1.54) is 0 Å². The first-order chi connectivity index (χ1) is 1.91. The predicted octanol–water partition coefficient (Wildman–Crippen LogP) is 0.268. The first-order valence-corrected chi connectivity index (χ1v) is 1.61. The van der Waals surface area contributed by atoms with E-state index in [0.717, 1.165) is 6.61 Å². The summed E-state index contributed by atoms with van der Waals surface area (Å²) in [7, 11) is 2.79. The van der Waals surface area contributed by atoms with Crippen LogP contribution in [-0.2, 0) is 4.43 Å². The maximum atomic E-state index is 4.35. The van der Waals surface area contributed by atoms with Gasteiger partial charge in [0.1, 0.15) is 0 Å². The molecule has 0 aromatic heterocycles. The Kier molecular flexibility index (Phi) is 15.9. The van der Waals surface area contributed by atoms with Crippen molar-refractivity contribution in [2.45, 2.75) is 6.92 Å². The second-order valence-corrected chi connectivity index (χ2v) is 0.722. The Labute approximate surface area is 35.6 Å². The van der Waals surface area contributed by atoms with E-state index in [9.17, 15) is 0 Å². The highest BCUT2D eigenvalue weighted by Crippen LogP contribution is 1.50. The number of hydrogen-bond donors (Lipinski definition) is 1. The van der Waals surface area contributed by atoms with Gasteiger partial charge in [0.2, 0.25) is 10.5 Å². The minimum atomic E-state index is 0. The van der Waals surface area contributed by atoms with E-state index in [0.29, 0.717) is 0 Å². The lowest BCUT2D eigenvalue weighted by atomic mass is 10.9. The molecule has 0 aliphatic carbocycles. The topological polar surface area (TPSA) is 44.2 Å². The third-order valence-electron chi connectivity index (χ3n) is 0.144. The lowest BCUT2D eigenvalue weighted by Crippen LogP contribution is -1.76. The molecule has 0 aliphatic heterocycles. The van der Waals surface area contributed by atoms with Gasteiger partial charge in [-0.2, -0.15) is 0 Å². The molecule has 3 N–H and O–H groups in total. The summed E-state index contributed by atoms with van der Waals surface area (Å²) in [6.45, 7) is 2.64. The minimum Gasteiger partial charge on any atom is -0.419 e. The first-order valence-electron chi connectivity index (χ1n) is 1.20. The first kappa shape index (κ1) is 8.93. The molecule has 0 saturated heterocycles. The standard InChI is InChI=1S/C2H5OSi.H3N/c1-2-3-4;/h2H2,1H3;1H3. The Hall–Kier alpha value is 0.137. The molecule has 0 unspecified atom stereocenters. The van der Waals surface area contributed by atoms with Crippen molar-refractivity contribution in [3.63, 3.8) is 0 Å². The third kappa shape index (κ3) is 14.6. The van der Waals surface area contributed by atoms with Gasteiger partial charge in [-0.3, -0.25) is 0 Å². The van der Waals surface area contributed by atoms with Gasteiger partial charge in [-0.05, 0) is 6.92 Å². The molecule has 0 atom stereocenters. The summed E-state index contributed by atoms with van der Waals surface area (Å²) in [6, 6.07) is 0. The summed E-state index contributed by atoms with van der Waals surface area (Å²) in [4.78, 5) is 0. The van der Waals surface area contributed by atoms with Crippen LogP contribution in [0.15, 0.2) is 0 Å². The Morgan fingerprint density at radius 1 is 1.80 bits per heavy atom. The molecule has 0 aliphatic rings. The van der Waals surface area contributed by atoms with Crippen molar-refractivity contribution in [1.29, 1.82) is 0 Å². The number of hydrogen-bond acceptors (Lipinski definition) is 2. The molecule has 0 saturated carbocycles. The summed E-state index contributed by atoms with van der Waals surface area (Å²) >= 11 is 0. The zero-order chi connectivity index (χ0) is 3.41. The van der Waals surface area contributed by atoms with Crippen molar-refractivity contribution in [1.82, 2.24) is 6.15 Å². The summed E-state index contributed by atoms with van der Waals surface area (Å²) in [5, 5.41) is 0. The molecular weight excluding hydrogens is 82.1 g/mol. The van der Waals surface area contributed by atoms with Gasteiger partial charge in [-0.15, -0.1) is 0 Å². The van der Waals surface area contributed by atoms with Gasteiger partial charge in [0.05, 0.1) is 0 Å². The van der Waals surface area contributed by atoms with Gasteiger partial charge in [0.15, 0.2) is 0 Å². The van der Waals surface area contributed by atoms with Crippen LogP contribution in [0.1, 0.15) is 6.92 Å². The molecule has 0 heterocycles. The molecule has 0 spiro atoms.